The van der Waals surface area contributed by atoms with Gasteiger partial charge in [0.05, 0.1) is 5.56 Å². The van der Waals surface area contributed by atoms with Crippen molar-refractivity contribution in [3.63, 3.8) is 0 Å². The number of hydrogen-bond acceptors (Lipinski definition) is 4. The number of nitrogens with one attached hydrogen (secondary N) is 1. The van der Waals surface area contributed by atoms with Crippen molar-refractivity contribution < 1.29 is 4.79 Å². The predicted octanol–water partition coefficient (Wildman–Crippen LogP) is 0.0818. The number of nitrogens with zero attached hydrogens (tertiary/aromatic N) is 3. The van der Waals surface area contributed by atoms with Gasteiger partial charge in [0.15, 0.2) is 0 Å². The number of primary amides is 1. The first-order valence-corrected chi connectivity index (χ1v) is 6.38. The summed E-state index contributed by atoms with van der Waals surface area (Å²) in [7, 11) is 1.85. The molecule has 1 aromatic carbocycles. The molecule has 3 N–H and O–H groups in total. The van der Waals surface area contributed by atoms with Gasteiger partial charge in [-0.1, -0.05) is 0 Å². The zero-order valence-corrected chi connectivity index (χ0v) is 10.9. The SMILES string of the molecule is Cn1cc2c(N3CCNCC3)ccc(C(N)=O)c2n1. The standard InChI is InChI=1S/C13H17N5O/c1-17-8-10-11(18-6-4-15-5-7-18)3-2-9(13(14)19)12(10)16-17/h2-3,8,15H,4-7H2,1H3,(H2,14,19). The van der Waals surface area contributed by atoms with Gasteiger partial charge in [-0.2, -0.15) is 5.10 Å². The molecule has 2 aromatic rings. The first kappa shape index (κ1) is 12.0. The summed E-state index contributed by atoms with van der Waals surface area (Å²) in [4.78, 5) is 13.8. The Morgan fingerprint density at radius 3 is 2.79 bits per heavy atom. The summed E-state index contributed by atoms with van der Waals surface area (Å²) < 4.78 is 1.73. The van der Waals surface area contributed by atoms with Crippen molar-refractivity contribution in [2.75, 3.05) is 31.1 Å². The molecule has 0 bridgehead atoms. The lowest BCUT2D eigenvalue weighted by atomic mass is 10.1. The van der Waals surface area contributed by atoms with E-state index in [2.05, 4.69) is 15.3 Å². The average Bonchev–Trinajstić information content (AvgIpc) is 2.79. The molecule has 0 saturated carbocycles. The van der Waals surface area contributed by atoms with Crippen LogP contribution in [0, 0.1) is 0 Å². The van der Waals surface area contributed by atoms with Gasteiger partial charge < -0.3 is 16.0 Å². The summed E-state index contributed by atoms with van der Waals surface area (Å²) in [6.45, 7) is 3.86. The molecule has 0 unspecified atom stereocenters. The Labute approximate surface area is 111 Å². The Balaban J connectivity index is 2.15. The van der Waals surface area contributed by atoms with E-state index in [1.54, 1.807) is 10.7 Å². The van der Waals surface area contributed by atoms with Gasteiger partial charge in [0.1, 0.15) is 5.52 Å². The number of carbonyl (C=O) groups is 1. The van der Waals surface area contributed by atoms with E-state index < -0.39 is 5.91 Å². The van der Waals surface area contributed by atoms with Gasteiger partial charge in [0, 0.05) is 50.5 Å². The summed E-state index contributed by atoms with van der Waals surface area (Å²) in [5.41, 5.74) is 7.69. The fourth-order valence-electron chi connectivity index (χ4n) is 2.59. The van der Waals surface area contributed by atoms with Crippen LogP contribution in [0.4, 0.5) is 5.69 Å². The number of nitrogens with two attached hydrogens (primary N) is 1. The van der Waals surface area contributed by atoms with E-state index in [0.29, 0.717) is 11.1 Å². The lowest BCUT2D eigenvalue weighted by molar-refractivity contribution is 0.100. The first-order valence-electron chi connectivity index (χ1n) is 6.38. The number of aryl methyl sites for hydroxylation is 1. The number of benzene rings is 1. The van der Waals surface area contributed by atoms with Crippen LogP contribution in [0.2, 0.25) is 0 Å². The zero-order valence-electron chi connectivity index (χ0n) is 10.9. The molecular weight excluding hydrogens is 242 g/mol. The average molecular weight is 259 g/mol. The smallest absolute Gasteiger partial charge is 0.250 e. The summed E-state index contributed by atoms with van der Waals surface area (Å²) in [5, 5.41) is 8.68. The van der Waals surface area contributed by atoms with Gasteiger partial charge >= 0.3 is 0 Å². The minimum absolute atomic E-state index is 0.435. The minimum Gasteiger partial charge on any atom is -0.368 e. The number of aromatic nitrogens is 2. The van der Waals surface area contributed by atoms with Crippen molar-refractivity contribution in [1.29, 1.82) is 0 Å². The van der Waals surface area contributed by atoms with Crippen LogP contribution in [0.25, 0.3) is 10.9 Å². The van der Waals surface area contributed by atoms with Crippen LogP contribution >= 0.6 is 0 Å². The maximum absolute atomic E-state index is 11.5. The molecule has 1 fully saturated rings. The van der Waals surface area contributed by atoms with Crippen molar-refractivity contribution >= 4 is 22.5 Å². The van der Waals surface area contributed by atoms with Gasteiger partial charge in [-0.25, -0.2) is 0 Å². The van der Waals surface area contributed by atoms with E-state index in [1.807, 2.05) is 19.3 Å². The molecule has 1 amide bonds. The van der Waals surface area contributed by atoms with Gasteiger partial charge in [-0.3, -0.25) is 9.48 Å². The molecule has 3 rings (SSSR count). The number of fused-ring (bicyclic) bond motifs is 1. The Kier molecular flexibility index (Phi) is 2.87. The minimum atomic E-state index is -0.435. The third-order valence-corrected chi connectivity index (χ3v) is 3.49. The summed E-state index contributed by atoms with van der Waals surface area (Å²) in [6, 6.07) is 3.74. The number of piperazine rings is 1. The van der Waals surface area contributed by atoms with Crippen LogP contribution in [0.5, 0.6) is 0 Å². The fraction of sp³-hybridized carbons (Fsp3) is 0.385. The molecular formula is C13H17N5O. The summed E-state index contributed by atoms with van der Waals surface area (Å²) in [6.07, 6.45) is 1.94. The van der Waals surface area contributed by atoms with E-state index in [-0.39, 0.29) is 0 Å². The van der Waals surface area contributed by atoms with Gasteiger partial charge in [-0.15, -0.1) is 0 Å². The molecule has 0 spiro atoms. The molecule has 1 aliphatic rings. The summed E-state index contributed by atoms with van der Waals surface area (Å²) in [5.74, 6) is -0.435. The molecule has 1 aliphatic heterocycles. The highest BCUT2D eigenvalue weighted by Crippen LogP contribution is 2.28. The van der Waals surface area contributed by atoms with Crippen molar-refractivity contribution in [3.05, 3.63) is 23.9 Å². The molecule has 100 valence electrons. The van der Waals surface area contributed by atoms with Gasteiger partial charge in [0.25, 0.3) is 5.91 Å². The van der Waals surface area contributed by atoms with Crippen molar-refractivity contribution in [3.8, 4) is 0 Å². The second-order valence-electron chi connectivity index (χ2n) is 4.80. The molecule has 1 aromatic heterocycles. The molecule has 0 radical (unpaired) electrons. The number of rotatable bonds is 2. The van der Waals surface area contributed by atoms with E-state index in [0.717, 1.165) is 37.3 Å². The van der Waals surface area contributed by atoms with Crippen LogP contribution in [-0.2, 0) is 7.05 Å². The first-order chi connectivity index (χ1) is 9.16. The fourth-order valence-corrected chi connectivity index (χ4v) is 2.59. The number of hydrogen-bond donors (Lipinski definition) is 2. The Hall–Kier alpha value is -2.08. The quantitative estimate of drug-likeness (QED) is 0.801. The van der Waals surface area contributed by atoms with E-state index in [4.69, 9.17) is 5.73 Å². The predicted molar refractivity (Wildman–Crippen MR) is 74.3 cm³/mol. The Morgan fingerprint density at radius 1 is 1.37 bits per heavy atom. The number of amides is 1. The Morgan fingerprint density at radius 2 is 2.11 bits per heavy atom. The third-order valence-electron chi connectivity index (χ3n) is 3.49. The molecule has 0 aliphatic carbocycles. The van der Waals surface area contributed by atoms with E-state index in [1.165, 1.54) is 0 Å². The lowest BCUT2D eigenvalue weighted by Gasteiger charge is -2.30. The van der Waals surface area contributed by atoms with Crippen molar-refractivity contribution in [2.24, 2.45) is 12.8 Å². The highest BCUT2D eigenvalue weighted by atomic mass is 16.1. The molecule has 2 heterocycles. The molecule has 1 saturated heterocycles. The zero-order chi connectivity index (χ0) is 13.4. The summed E-state index contributed by atoms with van der Waals surface area (Å²) >= 11 is 0. The topological polar surface area (TPSA) is 76.2 Å². The number of carbonyl (C=O) groups excluding carboxylic acids is 1. The highest BCUT2D eigenvalue weighted by molar-refractivity contribution is 6.08. The van der Waals surface area contributed by atoms with E-state index >= 15 is 0 Å². The number of anilines is 1. The largest absolute Gasteiger partial charge is 0.368 e. The monoisotopic (exact) mass is 259 g/mol. The van der Waals surface area contributed by atoms with Crippen LogP contribution in [0.15, 0.2) is 18.3 Å². The molecule has 6 nitrogen and oxygen atoms in total. The second-order valence-corrected chi connectivity index (χ2v) is 4.80. The van der Waals surface area contributed by atoms with Crippen LogP contribution in [0.1, 0.15) is 10.4 Å². The van der Waals surface area contributed by atoms with Crippen LogP contribution < -0.4 is 16.0 Å². The normalized spacial score (nSPS) is 15.9. The van der Waals surface area contributed by atoms with E-state index in [9.17, 15) is 4.79 Å². The van der Waals surface area contributed by atoms with Crippen molar-refractivity contribution in [2.45, 2.75) is 0 Å². The lowest BCUT2D eigenvalue weighted by Crippen LogP contribution is -2.43. The maximum Gasteiger partial charge on any atom is 0.250 e. The molecule has 6 heteroatoms. The van der Waals surface area contributed by atoms with Crippen LogP contribution in [0.3, 0.4) is 0 Å². The van der Waals surface area contributed by atoms with Crippen LogP contribution in [-0.4, -0.2) is 41.9 Å². The van der Waals surface area contributed by atoms with Gasteiger partial charge in [0.2, 0.25) is 0 Å². The highest BCUT2D eigenvalue weighted by Gasteiger charge is 2.18. The maximum atomic E-state index is 11.5. The Bertz CT molecular complexity index is 627. The molecule has 19 heavy (non-hydrogen) atoms. The molecule has 0 atom stereocenters. The third kappa shape index (κ3) is 2.04. The van der Waals surface area contributed by atoms with Gasteiger partial charge in [-0.05, 0) is 12.1 Å². The second kappa shape index (κ2) is 4.55. The van der Waals surface area contributed by atoms with Crippen molar-refractivity contribution in [1.82, 2.24) is 15.1 Å².